The highest BCUT2D eigenvalue weighted by Crippen LogP contribution is 2.22. The molecular weight excluding hydrogens is 292 g/mol. The molecule has 1 aliphatic heterocycles. The molecule has 21 heavy (non-hydrogen) atoms. The highest BCUT2D eigenvalue weighted by Gasteiger charge is 2.34. The van der Waals surface area contributed by atoms with Gasteiger partial charge in [-0.05, 0) is 47.5 Å². The van der Waals surface area contributed by atoms with Crippen molar-refractivity contribution in [2.45, 2.75) is 65.1 Å². The average molecular weight is 319 g/mol. The standard InChI is InChI=1S/C15H27ClN2O3/c1-11(2)18(13(19)9-16)10-12-7-6-8-17(12)14(20)21-15(3,4)5/h11-12H,6-10H2,1-5H3. The lowest BCUT2D eigenvalue weighted by Gasteiger charge is -2.34. The van der Waals surface area contributed by atoms with Crippen LogP contribution in [0.5, 0.6) is 0 Å². The quantitative estimate of drug-likeness (QED) is 0.749. The minimum absolute atomic E-state index is 0.00872. The van der Waals surface area contributed by atoms with Crippen molar-refractivity contribution in [1.82, 2.24) is 9.80 Å². The summed E-state index contributed by atoms with van der Waals surface area (Å²) in [6.07, 6.45) is 1.52. The van der Waals surface area contributed by atoms with E-state index in [1.165, 1.54) is 0 Å². The van der Waals surface area contributed by atoms with E-state index in [4.69, 9.17) is 16.3 Å². The Morgan fingerprint density at radius 1 is 1.38 bits per heavy atom. The minimum atomic E-state index is -0.506. The molecule has 6 heteroatoms. The Hall–Kier alpha value is -0.970. The van der Waals surface area contributed by atoms with Crippen LogP contribution in [0.1, 0.15) is 47.5 Å². The first-order valence-corrected chi connectivity index (χ1v) is 8.04. The largest absolute Gasteiger partial charge is 0.444 e. The van der Waals surface area contributed by atoms with Crippen molar-refractivity contribution in [3.63, 3.8) is 0 Å². The van der Waals surface area contributed by atoms with Gasteiger partial charge in [0.1, 0.15) is 11.5 Å². The fourth-order valence-corrected chi connectivity index (χ4v) is 2.64. The first kappa shape index (κ1) is 18.1. The lowest BCUT2D eigenvalue weighted by molar-refractivity contribution is -0.131. The zero-order valence-electron chi connectivity index (χ0n) is 13.7. The van der Waals surface area contributed by atoms with Crippen molar-refractivity contribution >= 4 is 23.6 Å². The maximum absolute atomic E-state index is 12.2. The molecule has 1 rings (SSSR count). The van der Waals surface area contributed by atoms with E-state index in [-0.39, 0.29) is 30.0 Å². The van der Waals surface area contributed by atoms with E-state index in [0.29, 0.717) is 13.1 Å². The van der Waals surface area contributed by atoms with Crippen LogP contribution in [0, 0.1) is 0 Å². The maximum Gasteiger partial charge on any atom is 0.410 e. The molecule has 0 radical (unpaired) electrons. The van der Waals surface area contributed by atoms with Crippen molar-refractivity contribution in [3.05, 3.63) is 0 Å². The van der Waals surface area contributed by atoms with Crippen LogP contribution in [0.25, 0.3) is 0 Å². The Bertz CT molecular complexity index is 380. The number of halogens is 1. The Kier molecular flexibility index (Phi) is 6.32. The maximum atomic E-state index is 12.2. The zero-order chi connectivity index (χ0) is 16.2. The van der Waals surface area contributed by atoms with Gasteiger partial charge < -0.3 is 14.5 Å². The summed E-state index contributed by atoms with van der Waals surface area (Å²) in [4.78, 5) is 27.6. The van der Waals surface area contributed by atoms with Gasteiger partial charge in [-0.3, -0.25) is 4.79 Å². The van der Waals surface area contributed by atoms with Crippen LogP contribution < -0.4 is 0 Å². The zero-order valence-corrected chi connectivity index (χ0v) is 14.4. The van der Waals surface area contributed by atoms with Gasteiger partial charge in [0.15, 0.2) is 0 Å². The molecule has 0 bridgehead atoms. The molecule has 0 saturated carbocycles. The highest BCUT2D eigenvalue weighted by atomic mass is 35.5. The summed E-state index contributed by atoms with van der Waals surface area (Å²) in [6.45, 7) is 10.7. The van der Waals surface area contributed by atoms with Crippen molar-refractivity contribution in [1.29, 1.82) is 0 Å². The summed E-state index contributed by atoms with van der Waals surface area (Å²) < 4.78 is 5.44. The Balaban J connectivity index is 2.72. The lowest BCUT2D eigenvalue weighted by Crippen LogP contribution is -2.49. The molecule has 1 atom stereocenters. The summed E-state index contributed by atoms with van der Waals surface area (Å²) in [6, 6.07) is 0.0757. The van der Waals surface area contributed by atoms with Crippen molar-refractivity contribution in [2.24, 2.45) is 0 Å². The smallest absolute Gasteiger partial charge is 0.410 e. The first-order chi connectivity index (χ1) is 9.65. The van der Waals surface area contributed by atoms with Crippen LogP contribution in [0.15, 0.2) is 0 Å². The number of hydrogen-bond donors (Lipinski definition) is 0. The second-order valence-corrected chi connectivity index (χ2v) is 7.01. The van der Waals surface area contributed by atoms with E-state index >= 15 is 0 Å². The van der Waals surface area contributed by atoms with Crippen LogP contribution in [-0.4, -0.2) is 58.5 Å². The SMILES string of the molecule is CC(C)N(CC1CCCN1C(=O)OC(C)(C)C)C(=O)CCl. The number of ether oxygens (including phenoxy) is 1. The van der Waals surface area contributed by atoms with Crippen LogP contribution in [-0.2, 0) is 9.53 Å². The van der Waals surface area contributed by atoms with Gasteiger partial charge >= 0.3 is 6.09 Å². The third-order valence-corrected chi connectivity index (χ3v) is 3.70. The summed E-state index contributed by atoms with van der Waals surface area (Å²) in [5.74, 6) is -0.125. The first-order valence-electron chi connectivity index (χ1n) is 7.50. The molecular formula is C15H27ClN2O3. The van der Waals surface area contributed by atoms with Crippen molar-refractivity contribution in [2.75, 3.05) is 19.0 Å². The molecule has 1 fully saturated rings. The minimum Gasteiger partial charge on any atom is -0.444 e. The predicted octanol–water partition coefficient (Wildman–Crippen LogP) is 2.86. The lowest BCUT2D eigenvalue weighted by atomic mass is 10.2. The summed E-state index contributed by atoms with van der Waals surface area (Å²) in [5.41, 5.74) is -0.506. The van der Waals surface area contributed by atoms with Crippen molar-refractivity contribution in [3.8, 4) is 0 Å². The molecule has 0 aromatic heterocycles. The van der Waals surface area contributed by atoms with Gasteiger partial charge in [0.25, 0.3) is 0 Å². The second-order valence-electron chi connectivity index (χ2n) is 6.74. The average Bonchev–Trinajstić information content (AvgIpc) is 2.80. The number of carbonyl (C=O) groups is 2. The number of carbonyl (C=O) groups excluding carboxylic acids is 2. The number of alkyl halides is 1. The van der Waals surface area contributed by atoms with Gasteiger partial charge in [0.2, 0.25) is 5.91 Å². The number of rotatable bonds is 4. The molecule has 122 valence electrons. The summed E-state index contributed by atoms with van der Waals surface area (Å²) >= 11 is 5.67. The van der Waals surface area contributed by atoms with E-state index in [1.54, 1.807) is 9.80 Å². The molecule has 0 N–H and O–H groups in total. The van der Waals surface area contributed by atoms with Gasteiger partial charge in [0, 0.05) is 19.1 Å². The van der Waals surface area contributed by atoms with E-state index < -0.39 is 5.60 Å². The van der Waals surface area contributed by atoms with Gasteiger partial charge in [-0.2, -0.15) is 0 Å². The predicted molar refractivity (Wildman–Crippen MR) is 83.5 cm³/mol. The van der Waals surface area contributed by atoms with E-state index in [2.05, 4.69) is 0 Å². The van der Waals surface area contributed by atoms with Gasteiger partial charge in [-0.25, -0.2) is 4.79 Å². The normalized spacial score (nSPS) is 19.0. The summed E-state index contributed by atoms with van der Waals surface area (Å²) in [7, 11) is 0. The third-order valence-electron chi connectivity index (χ3n) is 3.47. The fourth-order valence-electron chi connectivity index (χ4n) is 2.49. The van der Waals surface area contributed by atoms with Crippen LogP contribution in [0.4, 0.5) is 4.79 Å². The number of amides is 2. The van der Waals surface area contributed by atoms with Gasteiger partial charge in [0.05, 0.1) is 6.04 Å². The Morgan fingerprint density at radius 2 is 2.00 bits per heavy atom. The monoisotopic (exact) mass is 318 g/mol. The number of likely N-dealkylation sites (tertiary alicyclic amines) is 1. The molecule has 1 heterocycles. The molecule has 0 aromatic rings. The molecule has 0 spiro atoms. The fraction of sp³-hybridized carbons (Fsp3) is 0.867. The molecule has 0 aliphatic carbocycles. The molecule has 2 amide bonds. The molecule has 1 saturated heterocycles. The van der Waals surface area contributed by atoms with Crippen LogP contribution in [0.2, 0.25) is 0 Å². The van der Waals surface area contributed by atoms with E-state index in [0.717, 1.165) is 12.8 Å². The molecule has 1 unspecified atom stereocenters. The molecule has 0 aromatic carbocycles. The van der Waals surface area contributed by atoms with E-state index in [9.17, 15) is 9.59 Å². The Labute approximate surface area is 132 Å². The van der Waals surface area contributed by atoms with Crippen LogP contribution >= 0.6 is 11.6 Å². The number of nitrogens with zero attached hydrogens (tertiary/aromatic N) is 2. The molecule has 5 nitrogen and oxygen atoms in total. The summed E-state index contributed by atoms with van der Waals surface area (Å²) in [5, 5.41) is 0. The Morgan fingerprint density at radius 3 is 2.48 bits per heavy atom. The van der Waals surface area contributed by atoms with Crippen LogP contribution in [0.3, 0.4) is 0 Å². The van der Waals surface area contributed by atoms with Gasteiger partial charge in [-0.15, -0.1) is 11.6 Å². The van der Waals surface area contributed by atoms with Crippen molar-refractivity contribution < 1.29 is 14.3 Å². The van der Waals surface area contributed by atoms with E-state index in [1.807, 2.05) is 34.6 Å². The topological polar surface area (TPSA) is 49.9 Å². The van der Waals surface area contributed by atoms with Gasteiger partial charge in [-0.1, -0.05) is 0 Å². The third kappa shape index (κ3) is 5.38. The second kappa shape index (κ2) is 7.34. The highest BCUT2D eigenvalue weighted by molar-refractivity contribution is 6.27. The molecule has 1 aliphatic rings. The number of hydrogen-bond acceptors (Lipinski definition) is 3.